The van der Waals surface area contributed by atoms with Crippen molar-refractivity contribution in [2.45, 2.75) is 16.3 Å². The number of amides is 1. The van der Waals surface area contributed by atoms with Gasteiger partial charge in [-0.05, 0) is 24.6 Å². The largest absolute Gasteiger partial charge is 0.493 e. The first kappa shape index (κ1) is 21.3. The van der Waals surface area contributed by atoms with E-state index in [9.17, 15) is 14.9 Å². The molecule has 0 saturated carbocycles. The molecule has 0 bridgehead atoms. The summed E-state index contributed by atoms with van der Waals surface area (Å²) >= 11 is 5.98. The highest BCUT2D eigenvalue weighted by atomic mass is 79.9. The number of benzene rings is 1. The Labute approximate surface area is 161 Å². The lowest BCUT2D eigenvalue weighted by atomic mass is 10.1. The van der Waals surface area contributed by atoms with Gasteiger partial charge in [-0.15, -0.1) is 0 Å². The normalized spacial score (nSPS) is 12.1. The predicted octanol–water partition coefficient (Wildman–Crippen LogP) is 3.22. The molecule has 1 atom stereocenters. The molecule has 11 heteroatoms. The average molecular weight is 486 g/mol. The van der Waals surface area contributed by atoms with Crippen molar-refractivity contribution in [3.63, 3.8) is 0 Å². The fourth-order valence-corrected chi connectivity index (χ4v) is 2.79. The molecule has 1 N–H and O–H groups in total. The van der Waals surface area contributed by atoms with Gasteiger partial charge in [-0.3, -0.25) is 10.1 Å². The van der Waals surface area contributed by atoms with Gasteiger partial charge in [-0.25, -0.2) is 4.79 Å². The van der Waals surface area contributed by atoms with Gasteiger partial charge in [0.1, 0.15) is 6.04 Å². The van der Waals surface area contributed by atoms with Gasteiger partial charge in [-0.1, -0.05) is 0 Å². The summed E-state index contributed by atoms with van der Waals surface area (Å²) < 4.78 is 18.7. The third-order valence-corrected chi connectivity index (χ3v) is 4.64. The van der Waals surface area contributed by atoms with Crippen LogP contribution in [0.3, 0.4) is 0 Å². The maximum Gasteiger partial charge on any atom is 0.407 e. The Hall–Kier alpha value is -1.75. The molecule has 1 aromatic carbocycles. The second kappa shape index (κ2) is 9.09. The molecule has 1 unspecified atom stereocenters. The number of alkyl halides is 2. The lowest BCUT2D eigenvalue weighted by Crippen LogP contribution is -2.43. The van der Waals surface area contributed by atoms with Gasteiger partial charge in [0.15, 0.2) is 11.5 Å². The van der Waals surface area contributed by atoms with Crippen molar-refractivity contribution in [2.24, 2.45) is 0 Å². The van der Waals surface area contributed by atoms with E-state index in [2.05, 4.69) is 37.2 Å². The van der Waals surface area contributed by atoms with E-state index in [1.54, 1.807) is 6.92 Å². The lowest BCUT2D eigenvalue weighted by molar-refractivity contribution is -0.509. The Kier molecular flexibility index (Phi) is 7.74. The van der Waals surface area contributed by atoms with Crippen molar-refractivity contribution in [3.8, 4) is 17.2 Å². The van der Waals surface area contributed by atoms with Gasteiger partial charge in [0.2, 0.25) is 5.75 Å². The molecule has 0 aromatic heterocycles. The summed E-state index contributed by atoms with van der Waals surface area (Å²) in [6.07, 6.45) is -0.814. The van der Waals surface area contributed by atoms with E-state index in [1.807, 2.05) is 0 Å². The van der Waals surface area contributed by atoms with Crippen molar-refractivity contribution >= 4 is 38.0 Å². The Bertz CT molecular complexity index is 615. The zero-order chi connectivity index (χ0) is 19.2. The van der Waals surface area contributed by atoms with E-state index in [1.165, 1.54) is 33.5 Å². The van der Waals surface area contributed by atoms with Crippen molar-refractivity contribution in [1.82, 2.24) is 5.32 Å². The van der Waals surface area contributed by atoms with E-state index >= 15 is 0 Å². The van der Waals surface area contributed by atoms with E-state index in [0.29, 0.717) is 11.3 Å². The number of hydrogen-bond donors (Lipinski definition) is 1. The number of nitrogens with one attached hydrogen (secondary N) is 1. The number of carbonyl (C=O) groups excluding carboxylic acids is 1. The van der Waals surface area contributed by atoms with Crippen LogP contribution in [0.25, 0.3) is 0 Å². The monoisotopic (exact) mass is 484 g/mol. The molecule has 0 heterocycles. The minimum atomic E-state index is -1.89. The molecule has 0 aliphatic carbocycles. The quantitative estimate of drug-likeness (QED) is 0.260. The lowest BCUT2D eigenvalue weighted by Gasteiger charge is -2.25. The number of methoxy groups -OCH3 is 3. The minimum absolute atomic E-state index is 0.115. The van der Waals surface area contributed by atoms with Crippen LogP contribution in [0.2, 0.25) is 0 Å². The first-order chi connectivity index (χ1) is 11.7. The molecule has 9 nitrogen and oxygen atoms in total. The molecule has 0 spiro atoms. The summed E-state index contributed by atoms with van der Waals surface area (Å²) in [6.45, 7) is 1.74. The summed E-state index contributed by atoms with van der Waals surface area (Å²) in [5.41, 5.74) is 0.327. The molecule has 1 amide bonds. The number of rotatable bonds is 8. The van der Waals surface area contributed by atoms with Crippen LogP contribution in [0, 0.1) is 10.1 Å². The van der Waals surface area contributed by atoms with Crippen molar-refractivity contribution in [2.75, 3.05) is 27.9 Å². The zero-order valence-corrected chi connectivity index (χ0v) is 17.2. The van der Waals surface area contributed by atoms with Crippen LogP contribution in [0.5, 0.6) is 17.2 Å². The van der Waals surface area contributed by atoms with Gasteiger partial charge in [0.05, 0.1) is 32.9 Å². The fraction of sp³-hybridized carbons (Fsp3) is 0.500. The SMILES string of the molecule is CCOC(=O)NC(c1cc(OC)c(OC)c(OC)c1)C(Br)(Br)[N+](=O)[O-]. The minimum Gasteiger partial charge on any atom is -0.493 e. The summed E-state index contributed by atoms with van der Waals surface area (Å²) in [5, 5.41) is 13.9. The number of alkyl carbamates (subject to hydrolysis) is 1. The highest BCUT2D eigenvalue weighted by Crippen LogP contribution is 2.45. The number of halogens is 2. The molecule has 0 fully saturated rings. The summed E-state index contributed by atoms with van der Waals surface area (Å²) in [6, 6.07) is 1.84. The Balaban J connectivity index is 3.48. The maximum absolute atomic E-state index is 11.8. The van der Waals surface area contributed by atoms with Crippen molar-refractivity contribution in [3.05, 3.63) is 27.8 Å². The topological polar surface area (TPSA) is 109 Å². The van der Waals surface area contributed by atoms with Crippen LogP contribution in [0.15, 0.2) is 12.1 Å². The van der Waals surface area contributed by atoms with Crippen LogP contribution >= 0.6 is 31.9 Å². The highest BCUT2D eigenvalue weighted by molar-refractivity contribution is 9.25. The second-order valence-corrected chi connectivity index (χ2v) is 8.08. The first-order valence-electron chi connectivity index (χ1n) is 6.98. The summed E-state index contributed by atoms with van der Waals surface area (Å²) in [5.74, 6) is 0.887. The van der Waals surface area contributed by atoms with Gasteiger partial charge in [0.25, 0.3) is 0 Å². The van der Waals surface area contributed by atoms with E-state index in [-0.39, 0.29) is 18.1 Å². The number of hydrogen-bond acceptors (Lipinski definition) is 7. The Morgan fingerprint density at radius 3 is 2.12 bits per heavy atom. The van der Waals surface area contributed by atoms with Crippen LogP contribution < -0.4 is 19.5 Å². The van der Waals surface area contributed by atoms with Crippen molar-refractivity contribution in [1.29, 1.82) is 0 Å². The molecule has 0 radical (unpaired) electrons. The predicted molar refractivity (Wildman–Crippen MR) is 96.6 cm³/mol. The van der Waals surface area contributed by atoms with Gasteiger partial charge in [0, 0.05) is 31.9 Å². The molecular formula is C14H18Br2N2O7. The average Bonchev–Trinajstić information content (AvgIpc) is 2.58. The molecule has 1 rings (SSSR count). The van der Waals surface area contributed by atoms with Gasteiger partial charge >= 0.3 is 9.45 Å². The Morgan fingerprint density at radius 1 is 1.24 bits per heavy atom. The number of nitrogens with zero attached hydrogens (tertiary/aromatic N) is 1. The first-order valence-corrected chi connectivity index (χ1v) is 8.56. The van der Waals surface area contributed by atoms with E-state index < -0.39 is 20.4 Å². The van der Waals surface area contributed by atoms with Gasteiger partial charge < -0.3 is 24.3 Å². The number of carbonyl (C=O) groups is 1. The molecule has 1 aromatic rings. The Morgan fingerprint density at radius 2 is 1.76 bits per heavy atom. The summed E-state index contributed by atoms with van der Waals surface area (Å²) in [7, 11) is 4.26. The zero-order valence-electron chi connectivity index (χ0n) is 14.0. The standard InChI is InChI=1S/C14H18Br2N2O7/c1-5-25-13(19)17-12(14(15,16)18(20)21)8-6-9(22-2)11(24-4)10(7-8)23-3/h6-7,12H,5H2,1-4H3,(H,17,19). The van der Waals surface area contributed by atoms with Gasteiger partial charge in [-0.2, -0.15) is 0 Å². The van der Waals surface area contributed by atoms with E-state index in [4.69, 9.17) is 18.9 Å². The smallest absolute Gasteiger partial charge is 0.407 e. The maximum atomic E-state index is 11.8. The molecule has 0 saturated heterocycles. The van der Waals surface area contributed by atoms with Crippen LogP contribution in [-0.2, 0) is 4.74 Å². The van der Waals surface area contributed by atoms with E-state index in [0.717, 1.165) is 0 Å². The number of nitro groups is 1. The van der Waals surface area contributed by atoms with Crippen LogP contribution in [0.1, 0.15) is 18.5 Å². The van der Waals surface area contributed by atoms with Crippen molar-refractivity contribution < 1.29 is 28.7 Å². The third-order valence-electron chi connectivity index (χ3n) is 3.15. The molecule has 140 valence electrons. The molecule has 25 heavy (non-hydrogen) atoms. The second-order valence-electron chi connectivity index (χ2n) is 4.60. The van der Waals surface area contributed by atoms with Crippen LogP contribution in [0.4, 0.5) is 4.79 Å². The summed E-state index contributed by atoms with van der Waals surface area (Å²) in [4.78, 5) is 22.7. The molecular weight excluding hydrogens is 468 g/mol. The highest BCUT2D eigenvalue weighted by Gasteiger charge is 2.48. The van der Waals surface area contributed by atoms with Crippen LogP contribution in [-0.4, -0.2) is 42.3 Å². The molecule has 0 aliphatic heterocycles. The number of ether oxygens (including phenoxy) is 4. The molecule has 0 aliphatic rings. The fourth-order valence-electron chi connectivity index (χ4n) is 2.03. The third kappa shape index (κ3) is 4.88.